The molecule has 1 aliphatic rings. The van der Waals surface area contributed by atoms with Crippen LogP contribution in [0.4, 0.5) is 11.4 Å². The molecule has 1 aliphatic heterocycles. The summed E-state index contributed by atoms with van der Waals surface area (Å²) in [5.74, 6) is 0.552. The molecule has 0 radical (unpaired) electrons. The molecular formula is C19H26N4S2. The predicted octanol–water partition coefficient (Wildman–Crippen LogP) is 3.79. The van der Waals surface area contributed by atoms with Crippen LogP contribution in [0, 0.1) is 0 Å². The minimum atomic E-state index is 0.552. The summed E-state index contributed by atoms with van der Waals surface area (Å²) in [4.78, 5) is 5.03. The quantitative estimate of drug-likeness (QED) is 0.505. The van der Waals surface area contributed by atoms with Crippen molar-refractivity contribution >= 4 is 33.0 Å². The van der Waals surface area contributed by atoms with Crippen molar-refractivity contribution in [3.63, 3.8) is 0 Å². The van der Waals surface area contributed by atoms with E-state index >= 15 is 0 Å². The van der Waals surface area contributed by atoms with Gasteiger partial charge in [0, 0.05) is 27.7 Å². The standard InChI is InChI=1S/C19H26N4S2/c20-9-1-10-23-11-8-14(13-23)18-12-16(22)4-7-19(18)25-24-17-5-2-15(21)3-6-17/h2-7,12,14H,1,8-11,13,20-22H2. The minimum Gasteiger partial charge on any atom is -0.399 e. The normalized spacial score (nSPS) is 17.9. The minimum absolute atomic E-state index is 0.552. The van der Waals surface area contributed by atoms with E-state index < -0.39 is 0 Å². The number of nitrogens with zero attached hydrogens (tertiary/aromatic N) is 1. The van der Waals surface area contributed by atoms with E-state index in [4.69, 9.17) is 17.2 Å². The third-order valence-corrected chi connectivity index (χ3v) is 7.00. The predicted molar refractivity (Wildman–Crippen MR) is 111 cm³/mol. The lowest BCUT2D eigenvalue weighted by Crippen LogP contribution is -2.23. The summed E-state index contributed by atoms with van der Waals surface area (Å²) < 4.78 is 0. The van der Waals surface area contributed by atoms with Gasteiger partial charge in [-0.3, -0.25) is 0 Å². The van der Waals surface area contributed by atoms with Crippen LogP contribution >= 0.6 is 21.6 Å². The molecule has 6 N–H and O–H groups in total. The largest absolute Gasteiger partial charge is 0.399 e. The first-order valence-electron chi connectivity index (χ1n) is 8.67. The first kappa shape index (κ1) is 18.5. The van der Waals surface area contributed by atoms with Gasteiger partial charge in [0.25, 0.3) is 0 Å². The molecule has 2 aromatic rings. The van der Waals surface area contributed by atoms with Crippen molar-refractivity contribution in [2.24, 2.45) is 5.73 Å². The van der Waals surface area contributed by atoms with Crippen LogP contribution in [0.15, 0.2) is 52.3 Å². The number of benzene rings is 2. The van der Waals surface area contributed by atoms with Crippen LogP contribution in [-0.2, 0) is 0 Å². The number of nitrogen functional groups attached to an aromatic ring is 2. The average molecular weight is 375 g/mol. The van der Waals surface area contributed by atoms with Gasteiger partial charge < -0.3 is 22.1 Å². The van der Waals surface area contributed by atoms with Gasteiger partial charge >= 0.3 is 0 Å². The van der Waals surface area contributed by atoms with Crippen LogP contribution in [0.5, 0.6) is 0 Å². The maximum Gasteiger partial charge on any atom is 0.0317 e. The molecule has 1 atom stereocenters. The van der Waals surface area contributed by atoms with Crippen LogP contribution < -0.4 is 17.2 Å². The fourth-order valence-electron chi connectivity index (χ4n) is 3.18. The van der Waals surface area contributed by atoms with Gasteiger partial charge in [0.05, 0.1) is 0 Å². The highest BCUT2D eigenvalue weighted by atomic mass is 33.1. The van der Waals surface area contributed by atoms with E-state index in [1.165, 1.54) is 21.8 Å². The van der Waals surface area contributed by atoms with Gasteiger partial charge in [0.1, 0.15) is 0 Å². The molecule has 2 aromatic carbocycles. The Balaban J connectivity index is 1.69. The molecule has 0 spiro atoms. The Bertz CT molecular complexity index is 690. The highest BCUT2D eigenvalue weighted by Gasteiger charge is 2.25. The van der Waals surface area contributed by atoms with Crippen molar-refractivity contribution in [2.75, 3.05) is 37.6 Å². The van der Waals surface area contributed by atoms with Crippen molar-refractivity contribution < 1.29 is 0 Å². The summed E-state index contributed by atoms with van der Waals surface area (Å²) in [5.41, 5.74) is 20.5. The van der Waals surface area contributed by atoms with Crippen molar-refractivity contribution in [2.45, 2.75) is 28.6 Å². The highest BCUT2D eigenvalue weighted by molar-refractivity contribution is 8.76. The lowest BCUT2D eigenvalue weighted by molar-refractivity contribution is 0.331. The molecule has 1 unspecified atom stereocenters. The summed E-state index contributed by atoms with van der Waals surface area (Å²) in [7, 11) is 3.57. The van der Waals surface area contributed by atoms with Gasteiger partial charge in [0.2, 0.25) is 0 Å². The van der Waals surface area contributed by atoms with E-state index in [0.717, 1.165) is 44.0 Å². The molecule has 0 aliphatic carbocycles. The molecule has 0 amide bonds. The van der Waals surface area contributed by atoms with E-state index in [1.807, 2.05) is 18.2 Å². The van der Waals surface area contributed by atoms with Crippen LogP contribution in [0.3, 0.4) is 0 Å². The summed E-state index contributed by atoms with van der Waals surface area (Å²) in [5, 5.41) is 0. The molecule has 25 heavy (non-hydrogen) atoms. The molecule has 0 saturated carbocycles. The van der Waals surface area contributed by atoms with Crippen LogP contribution in [-0.4, -0.2) is 31.1 Å². The Morgan fingerprint density at radius 3 is 2.52 bits per heavy atom. The van der Waals surface area contributed by atoms with Crippen molar-refractivity contribution in [3.05, 3.63) is 48.0 Å². The smallest absolute Gasteiger partial charge is 0.0317 e. The van der Waals surface area contributed by atoms with Crippen LogP contribution in [0.25, 0.3) is 0 Å². The molecule has 1 heterocycles. The first-order valence-corrected chi connectivity index (χ1v) is 10.8. The summed E-state index contributed by atoms with van der Waals surface area (Å²) in [6.07, 6.45) is 2.26. The third-order valence-electron chi connectivity index (χ3n) is 4.53. The number of rotatable bonds is 7. The van der Waals surface area contributed by atoms with Gasteiger partial charge in [-0.1, -0.05) is 21.6 Å². The SMILES string of the molecule is NCCCN1CCC(c2cc(N)ccc2SSc2ccc(N)cc2)C1. The van der Waals surface area contributed by atoms with Crippen molar-refractivity contribution in [1.82, 2.24) is 4.90 Å². The van der Waals surface area contributed by atoms with Gasteiger partial charge in [-0.05, 0) is 86.4 Å². The Kier molecular flexibility index (Phi) is 6.53. The van der Waals surface area contributed by atoms with E-state index in [1.54, 1.807) is 21.6 Å². The van der Waals surface area contributed by atoms with Gasteiger partial charge in [-0.15, -0.1) is 0 Å². The fraction of sp³-hybridized carbons (Fsp3) is 0.368. The van der Waals surface area contributed by atoms with E-state index in [9.17, 15) is 0 Å². The fourth-order valence-corrected chi connectivity index (χ4v) is 5.41. The van der Waals surface area contributed by atoms with Gasteiger partial charge in [-0.2, -0.15) is 0 Å². The molecule has 1 saturated heterocycles. The number of nitrogens with two attached hydrogens (primary N) is 3. The molecule has 1 fully saturated rings. The second-order valence-electron chi connectivity index (χ2n) is 6.46. The third kappa shape index (κ3) is 5.07. The Labute approximate surface area is 157 Å². The maximum atomic E-state index is 6.07. The van der Waals surface area contributed by atoms with Gasteiger partial charge in [-0.25, -0.2) is 0 Å². The molecule has 0 bridgehead atoms. The average Bonchev–Trinajstić information content (AvgIpc) is 3.09. The van der Waals surface area contributed by atoms with Crippen molar-refractivity contribution in [3.8, 4) is 0 Å². The van der Waals surface area contributed by atoms with Gasteiger partial charge in [0.15, 0.2) is 0 Å². The van der Waals surface area contributed by atoms with Crippen molar-refractivity contribution in [1.29, 1.82) is 0 Å². The monoisotopic (exact) mass is 374 g/mol. The lowest BCUT2D eigenvalue weighted by atomic mass is 9.98. The summed E-state index contributed by atoms with van der Waals surface area (Å²) in [6, 6.07) is 14.3. The van der Waals surface area contributed by atoms with Crippen LogP contribution in [0.1, 0.15) is 24.3 Å². The maximum absolute atomic E-state index is 6.07. The Morgan fingerprint density at radius 2 is 1.76 bits per heavy atom. The zero-order chi connectivity index (χ0) is 17.6. The Hall–Kier alpha value is -1.34. The molecule has 6 heteroatoms. The second kappa shape index (κ2) is 8.85. The number of anilines is 2. The number of hydrogen-bond acceptors (Lipinski definition) is 6. The molecule has 3 rings (SSSR count). The van der Waals surface area contributed by atoms with E-state index in [0.29, 0.717) is 5.92 Å². The van der Waals surface area contributed by atoms with E-state index in [-0.39, 0.29) is 0 Å². The molecular weight excluding hydrogens is 348 g/mol. The topological polar surface area (TPSA) is 81.3 Å². The second-order valence-corrected chi connectivity index (χ2v) is 8.71. The first-order chi connectivity index (χ1) is 12.2. The zero-order valence-corrected chi connectivity index (χ0v) is 16.0. The highest BCUT2D eigenvalue weighted by Crippen LogP contribution is 2.43. The molecule has 4 nitrogen and oxygen atoms in total. The molecule has 134 valence electrons. The summed E-state index contributed by atoms with van der Waals surface area (Å²) >= 11 is 0. The molecule has 0 aromatic heterocycles. The summed E-state index contributed by atoms with van der Waals surface area (Å²) in [6.45, 7) is 4.11. The lowest BCUT2D eigenvalue weighted by Gasteiger charge is -2.18. The van der Waals surface area contributed by atoms with E-state index in [2.05, 4.69) is 29.2 Å². The Morgan fingerprint density at radius 1 is 1.00 bits per heavy atom. The number of likely N-dealkylation sites (tertiary alicyclic amines) is 1. The zero-order valence-electron chi connectivity index (χ0n) is 14.4. The number of hydrogen-bond donors (Lipinski definition) is 3. The van der Waals surface area contributed by atoms with Crippen LogP contribution in [0.2, 0.25) is 0 Å².